The van der Waals surface area contributed by atoms with Crippen molar-refractivity contribution in [2.75, 3.05) is 6.61 Å². The summed E-state index contributed by atoms with van der Waals surface area (Å²) in [5, 5.41) is 9.46. The molecule has 0 spiro atoms. The molecule has 0 amide bonds. The van der Waals surface area contributed by atoms with Crippen LogP contribution in [-0.4, -0.2) is 27.0 Å². The fourth-order valence-corrected chi connectivity index (χ4v) is 3.03. The number of aryl methyl sites for hydroxylation is 1. The fraction of sp³-hybridized carbons (Fsp3) is 0.357. The van der Waals surface area contributed by atoms with E-state index in [1.807, 2.05) is 18.2 Å². The van der Waals surface area contributed by atoms with Gasteiger partial charge >= 0.3 is 5.97 Å². The van der Waals surface area contributed by atoms with Crippen LogP contribution >= 0.6 is 27.5 Å². The number of aromatic nitrogens is 2. The van der Waals surface area contributed by atoms with E-state index < -0.39 is 5.97 Å². The average molecular weight is 371 g/mol. The number of aliphatic carboxylic acids is 1. The van der Waals surface area contributed by atoms with E-state index in [1.54, 1.807) is 0 Å². The Morgan fingerprint density at radius 2 is 2.29 bits per heavy atom. The number of rotatable bonds is 7. The zero-order valence-electron chi connectivity index (χ0n) is 11.5. The van der Waals surface area contributed by atoms with Crippen LogP contribution in [0, 0.1) is 0 Å². The number of hydrogen-bond acceptors (Lipinski definition) is 5. The van der Waals surface area contributed by atoms with Gasteiger partial charge < -0.3 is 9.84 Å². The van der Waals surface area contributed by atoms with E-state index in [2.05, 4.69) is 32.2 Å². The second-order valence-corrected chi connectivity index (χ2v) is 5.85. The third kappa shape index (κ3) is 4.50. The quantitative estimate of drug-likeness (QED) is 0.750. The van der Waals surface area contributed by atoms with E-state index in [-0.39, 0.29) is 6.42 Å². The first-order chi connectivity index (χ1) is 10.1. The van der Waals surface area contributed by atoms with Crippen LogP contribution in [-0.2, 0) is 11.2 Å². The van der Waals surface area contributed by atoms with Crippen molar-refractivity contribution >= 4 is 33.4 Å². The Morgan fingerprint density at radius 1 is 1.48 bits per heavy atom. The van der Waals surface area contributed by atoms with Crippen LogP contribution in [0.5, 0.6) is 5.75 Å². The summed E-state index contributed by atoms with van der Waals surface area (Å²) in [6, 6.07) is 5.83. The van der Waals surface area contributed by atoms with Crippen LogP contribution in [0.1, 0.15) is 25.3 Å². The van der Waals surface area contributed by atoms with Gasteiger partial charge in [-0.3, -0.25) is 4.79 Å². The Hall–Kier alpha value is -1.47. The van der Waals surface area contributed by atoms with Crippen molar-refractivity contribution < 1.29 is 14.6 Å². The molecule has 0 bridgehead atoms. The van der Waals surface area contributed by atoms with E-state index in [4.69, 9.17) is 9.84 Å². The van der Waals surface area contributed by atoms with Gasteiger partial charge in [-0.15, -0.1) is 0 Å². The highest BCUT2D eigenvalue weighted by Crippen LogP contribution is 2.30. The summed E-state index contributed by atoms with van der Waals surface area (Å²) in [4.78, 5) is 14.8. The number of nitrogens with zero attached hydrogens (tertiary/aromatic N) is 2. The zero-order valence-corrected chi connectivity index (χ0v) is 13.9. The van der Waals surface area contributed by atoms with Crippen molar-refractivity contribution in [1.82, 2.24) is 9.36 Å². The lowest BCUT2D eigenvalue weighted by Crippen LogP contribution is -2.02. The number of carboxylic acids is 1. The maximum Gasteiger partial charge on any atom is 0.303 e. The Labute approximate surface area is 135 Å². The molecule has 0 aliphatic heterocycles. The molecule has 5 nitrogen and oxygen atoms in total. The van der Waals surface area contributed by atoms with Gasteiger partial charge in [-0.1, -0.05) is 6.92 Å². The van der Waals surface area contributed by atoms with Gasteiger partial charge in [-0.2, -0.15) is 4.37 Å². The lowest BCUT2D eigenvalue weighted by atomic mass is 10.1. The molecule has 7 heteroatoms. The number of halogens is 1. The first-order valence-electron chi connectivity index (χ1n) is 6.57. The lowest BCUT2D eigenvalue weighted by Gasteiger charge is -2.09. The van der Waals surface area contributed by atoms with Gasteiger partial charge in [-0.25, -0.2) is 4.98 Å². The molecule has 0 saturated heterocycles. The number of carboxylic acid groups (broad SMARTS) is 1. The highest BCUT2D eigenvalue weighted by Gasteiger charge is 2.10. The predicted octanol–water partition coefficient (Wildman–Crippen LogP) is 3.77. The normalized spacial score (nSPS) is 10.6. The molecular weight excluding hydrogens is 356 g/mol. The molecule has 0 fully saturated rings. The maximum atomic E-state index is 10.4. The minimum atomic E-state index is -0.801. The number of ether oxygens (including phenoxy) is 1. The Balaban J connectivity index is 2.07. The molecule has 0 atom stereocenters. The van der Waals surface area contributed by atoms with Crippen molar-refractivity contribution in [1.29, 1.82) is 0 Å². The SMILES string of the molecule is CCc1cc(OCCCC(=O)O)ccc1-c1nc(Br)ns1. The fourth-order valence-electron chi connectivity index (χ4n) is 1.89. The molecule has 112 valence electrons. The van der Waals surface area contributed by atoms with Crippen molar-refractivity contribution in [3.63, 3.8) is 0 Å². The van der Waals surface area contributed by atoms with Crippen LogP contribution in [0.4, 0.5) is 0 Å². The lowest BCUT2D eigenvalue weighted by molar-refractivity contribution is -0.137. The Kier molecular flexibility index (Phi) is 5.69. The summed E-state index contributed by atoms with van der Waals surface area (Å²) in [6.45, 7) is 2.47. The predicted molar refractivity (Wildman–Crippen MR) is 84.8 cm³/mol. The van der Waals surface area contributed by atoms with Gasteiger partial charge in [0.05, 0.1) is 6.61 Å². The third-order valence-electron chi connectivity index (χ3n) is 2.89. The smallest absolute Gasteiger partial charge is 0.303 e. The highest BCUT2D eigenvalue weighted by atomic mass is 79.9. The molecule has 1 aromatic carbocycles. The summed E-state index contributed by atoms with van der Waals surface area (Å²) >= 11 is 4.61. The Morgan fingerprint density at radius 3 is 2.90 bits per heavy atom. The average Bonchev–Trinajstić information content (AvgIpc) is 2.89. The summed E-state index contributed by atoms with van der Waals surface area (Å²) in [7, 11) is 0. The number of hydrogen-bond donors (Lipinski definition) is 1. The summed E-state index contributed by atoms with van der Waals surface area (Å²) < 4.78 is 10.3. The summed E-state index contributed by atoms with van der Waals surface area (Å²) in [6.07, 6.45) is 1.48. The van der Waals surface area contributed by atoms with Crippen molar-refractivity contribution in [3.8, 4) is 16.3 Å². The van der Waals surface area contributed by atoms with E-state index in [0.29, 0.717) is 17.8 Å². The van der Waals surface area contributed by atoms with Crippen LogP contribution in [0.25, 0.3) is 10.6 Å². The second-order valence-electron chi connectivity index (χ2n) is 4.39. The molecule has 0 saturated carbocycles. The molecule has 1 heterocycles. The van der Waals surface area contributed by atoms with Crippen molar-refractivity contribution in [2.24, 2.45) is 0 Å². The van der Waals surface area contributed by atoms with Gasteiger partial charge in [0.25, 0.3) is 0 Å². The van der Waals surface area contributed by atoms with Crippen molar-refractivity contribution in [2.45, 2.75) is 26.2 Å². The largest absolute Gasteiger partial charge is 0.494 e. The molecule has 2 aromatic rings. The molecule has 1 aromatic heterocycles. The first-order valence-corrected chi connectivity index (χ1v) is 8.14. The van der Waals surface area contributed by atoms with Gasteiger partial charge in [0.2, 0.25) is 4.73 Å². The van der Waals surface area contributed by atoms with E-state index in [9.17, 15) is 4.79 Å². The molecule has 0 unspecified atom stereocenters. The van der Waals surface area contributed by atoms with Crippen molar-refractivity contribution in [3.05, 3.63) is 28.5 Å². The van der Waals surface area contributed by atoms with Crippen LogP contribution < -0.4 is 4.74 Å². The standard InChI is InChI=1S/C14H15BrN2O3S/c1-2-9-8-10(20-7-3-4-12(18)19)5-6-11(9)13-16-14(15)17-21-13/h5-6,8H,2-4,7H2,1H3,(H,18,19). The van der Waals surface area contributed by atoms with Gasteiger partial charge in [0.15, 0.2) is 0 Å². The van der Waals surface area contributed by atoms with E-state index in [1.165, 1.54) is 11.5 Å². The Bertz CT molecular complexity index is 630. The second kappa shape index (κ2) is 7.51. The number of carbonyl (C=O) groups is 1. The summed E-state index contributed by atoms with van der Waals surface area (Å²) in [5.74, 6) is -0.0467. The molecule has 0 aliphatic carbocycles. The topological polar surface area (TPSA) is 72.3 Å². The molecule has 1 N–H and O–H groups in total. The molecule has 21 heavy (non-hydrogen) atoms. The monoisotopic (exact) mass is 370 g/mol. The number of benzene rings is 1. The molecule has 0 aliphatic rings. The van der Waals surface area contributed by atoms with Gasteiger partial charge in [0.1, 0.15) is 10.8 Å². The minimum Gasteiger partial charge on any atom is -0.494 e. The maximum absolute atomic E-state index is 10.4. The molecular formula is C14H15BrN2O3S. The molecule has 2 rings (SSSR count). The van der Waals surface area contributed by atoms with Gasteiger partial charge in [0, 0.05) is 12.0 Å². The van der Waals surface area contributed by atoms with E-state index in [0.717, 1.165) is 28.3 Å². The minimum absolute atomic E-state index is 0.123. The zero-order chi connectivity index (χ0) is 15.2. The van der Waals surface area contributed by atoms with Gasteiger partial charge in [-0.05, 0) is 64.1 Å². The first kappa shape index (κ1) is 15.9. The van der Waals surface area contributed by atoms with Crippen LogP contribution in [0.3, 0.4) is 0 Å². The third-order valence-corrected chi connectivity index (χ3v) is 4.23. The highest BCUT2D eigenvalue weighted by molar-refractivity contribution is 9.10. The van der Waals surface area contributed by atoms with Crippen LogP contribution in [0.2, 0.25) is 0 Å². The van der Waals surface area contributed by atoms with E-state index >= 15 is 0 Å². The van der Waals surface area contributed by atoms with Crippen LogP contribution in [0.15, 0.2) is 22.9 Å². The summed E-state index contributed by atoms with van der Waals surface area (Å²) in [5.41, 5.74) is 2.19. The molecule has 0 radical (unpaired) electrons.